The van der Waals surface area contributed by atoms with Gasteiger partial charge in [0.25, 0.3) is 0 Å². The average molecular weight is 287 g/mol. The molecule has 2 rings (SSSR count). The van der Waals surface area contributed by atoms with Gasteiger partial charge in [-0.1, -0.05) is 0 Å². The molecule has 0 aliphatic heterocycles. The highest BCUT2D eigenvalue weighted by Gasteiger charge is 2.27. The number of ether oxygens (including phenoxy) is 1. The smallest absolute Gasteiger partial charge is 0.221 e. The van der Waals surface area contributed by atoms with Gasteiger partial charge in [-0.3, -0.25) is 0 Å². The lowest BCUT2D eigenvalue weighted by Gasteiger charge is -2.20. The number of anilines is 2. The van der Waals surface area contributed by atoms with Gasteiger partial charge in [0.15, 0.2) is 0 Å². The number of nitrogens with one attached hydrogen (secondary N) is 1. The van der Waals surface area contributed by atoms with E-state index < -0.39 is 0 Å². The van der Waals surface area contributed by atoms with Crippen LogP contribution in [-0.4, -0.2) is 29.2 Å². The molecule has 0 saturated heterocycles. The standard InChI is InChI=1S/C10H15BrN4O/c1-16-8-4-2-3-7(8)14-9-6(11)5-13-10(12)15-9/h5,7-8H,2-4H2,1H3,(H3,12,13,14,15). The van der Waals surface area contributed by atoms with Gasteiger partial charge >= 0.3 is 0 Å². The average Bonchev–Trinajstić information content (AvgIpc) is 2.71. The maximum absolute atomic E-state index is 5.55. The van der Waals surface area contributed by atoms with Crippen molar-refractivity contribution in [1.82, 2.24) is 9.97 Å². The van der Waals surface area contributed by atoms with Crippen molar-refractivity contribution in [2.24, 2.45) is 0 Å². The van der Waals surface area contributed by atoms with Gasteiger partial charge in [0, 0.05) is 13.3 Å². The van der Waals surface area contributed by atoms with Crippen molar-refractivity contribution in [3.63, 3.8) is 0 Å². The van der Waals surface area contributed by atoms with Gasteiger partial charge < -0.3 is 15.8 Å². The predicted octanol–water partition coefficient (Wildman–Crippen LogP) is 1.80. The summed E-state index contributed by atoms with van der Waals surface area (Å²) >= 11 is 3.40. The van der Waals surface area contributed by atoms with Gasteiger partial charge in [-0.25, -0.2) is 4.98 Å². The molecule has 0 bridgehead atoms. The zero-order valence-electron chi connectivity index (χ0n) is 9.11. The van der Waals surface area contributed by atoms with Crippen LogP contribution < -0.4 is 11.1 Å². The molecule has 1 saturated carbocycles. The molecule has 0 spiro atoms. The fourth-order valence-electron chi connectivity index (χ4n) is 2.03. The number of methoxy groups -OCH3 is 1. The van der Waals surface area contributed by atoms with Crippen molar-refractivity contribution >= 4 is 27.7 Å². The molecule has 0 radical (unpaired) electrons. The topological polar surface area (TPSA) is 73.1 Å². The second kappa shape index (κ2) is 4.97. The predicted molar refractivity (Wildman–Crippen MR) is 66.2 cm³/mol. The molecule has 1 aliphatic rings. The van der Waals surface area contributed by atoms with E-state index in [1.54, 1.807) is 13.3 Å². The van der Waals surface area contributed by atoms with E-state index in [1.165, 1.54) is 6.42 Å². The molecule has 0 aromatic carbocycles. The fourth-order valence-corrected chi connectivity index (χ4v) is 2.34. The minimum atomic E-state index is 0.253. The Morgan fingerprint density at radius 3 is 3.12 bits per heavy atom. The lowest BCUT2D eigenvalue weighted by molar-refractivity contribution is 0.101. The number of rotatable bonds is 3. The number of nitrogen functional groups attached to an aromatic ring is 1. The first kappa shape index (κ1) is 11.6. The molecule has 2 unspecified atom stereocenters. The summed E-state index contributed by atoms with van der Waals surface area (Å²) in [7, 11) is 1.74. The molecule has 5 nitrogen and oxygen atoms in total. The normalized spacial score (nSPS) is 24.6. The molecule has 1 heterocycles. The van der Waals surface area contributed by atoms with Crippen LogP contribution in [0.25, 0.3) is 0 Å². The second-order valence-corrected chi connectivity index (χ2v) is 4.73. The van der Waals surface area contributed by atoms with Gasteiger partial charge in [0.05, 0.1) is 16.6 Å². The number of halogens is 1. The molecule has 1 fully saturated rings. The van der Waals surface area contributed by atoms with E-state index in [2.05, 4.69) is 31.2 Å². The van der Waals surface area contributed by atoms with Crippen LogP contribution in [0.1, 0.15) is 19.3 Å². The van der Waals surface area contributed by atoms with Crippen LogP contribution in [0.5, 0.6) is 0 Å². The summed E-state index contributed by atoms with van der Waals surface area (Å²) < 4.78 is 6.24. The number of hydrogen-bond acceptors (Lipinski definition) is 5. The number of hydrogen-bond donors (Lipinski definition) is 2. The van der Waals surface area contributed by atoms with Crippen LogP contribution >= 0.6 is 15.9 Å². The third-order valence-electron chi connectivity index (χ3n) is 2.84. The van der Waals surface area contributed by atoms with Crippen molar-refractivity contribution in [2.75, 3.05) is 18.2 Å². The van der Waals surface area contributed by atoms with Crippen LogP contribution in [0, 0.1) is 0 Å². The lowest BCUT2D eigenvalue weighted by Crippen LogP contribution is -2.30. The molecule has 0 amide bonds. The zero-order chi connectivity index (χ0) is 11.5. The summed E-state index contributed by atoms with van der Waals surface area (Å²) in [5.41, 5.74) is 5.55. The first-order chi connectivity index (χ1) is 7.70. The molecule has 6 heteroatoms. The highest BCUT2D eigenvalue weighted by Crippen LogP contribution is 2.27. The van der Waals surface area contributed by atoms with Crippen molar-refractivity contribution in [1.29, 1.82) is 0 Å². The van der Waals surface area contributed by atoms with Gasteiger partial charge in [-0.15, -0.1) is 0 Å². The molecular formula is C10H15BrN4O. The van der Waals surface area contributed by atoms with Crippen molar-refractivity contribution in [2.45, 2.75) is 31.4 Å². The van der Waals surface area contributed by atoms with Gasteiger partial charge in [0.1, 0.15) is 5.82 Å². The van der Waals surface area contributed by atoms with Gasteiger partial charge in [-0.2, -0.15) is 4.98 Å². The van der Waals surface area contributed by atoms with Gasteiger partial charge in [-0.05, 0) is 35.2 Å². The Morgan fingerprint density at radius 2 is 2.38 bits per heavy atom. The Hall–Kier alpha value is -0.880. The van der Waals surface area contributed by atoms with Crippen LogP contribution in [0.3, 0.4) is 0 Å². The molecule has 16 heavy (non-hydrogen) atoms. The molecule has 2 atom stereocenters. The Balaban J connectivity index is 2.11. The van der Waals surface area contributed by atoms with Crippen LogP contribution in [-0.2, 0) is 4.74 Å². The molecular weight excluding hydrogens is 272 g/mol. The van der Waals surface area contributed by atoms with E-state index in [4.69, 9.17) is 10.5 Å². The number of nitrogens with two attached hydrogens (primary N) is 1. The van der Waals surface area contributed by atoms with Crippen molar-refractivity contribution in [3.05, 3.63) is 10.7 Å². The minimum absolute atomic E-state index is 0.253. The van der Waals surface area contributed by atoms with E-state index in [0.717, 1.165) is 23.1 Å². The SMILES string of the molecule is COC1CCCC1Nc1nc(N)ncc1Br. The molecule has 1 aliphatic carbocycles. The largest absolute Gasteiger partial charge is 0.379 e. The third-order valence-corrected chi connectivity index (χ3v) is 3.42. The Kier molecular flexibility index (Phi) is 3.60. The maximum Gasteiger partial charge on any atom is 0.221 e. The van der Waals surface area contributed by atoms with Crippen LogP contribution in [0.15, 0.2) is 10.7 Å². The van der Waals surface area contributed by atoms with E-state index >= 15 is 0 Å². The van der Waals surface area contributed by atoms with Crippen molar-refractivity contribution in [3.8, 4) is 0 Å². The minimum Gasteiger partial charge on any atom is -0.379 e. The third kappa shape index (κ3) is 2.44. The Labute approximate surface area is 103 Å². The van der Waals surface area contributed by atoms with E-state index in [-0.39, 0.29) is 12.1 Å². The maximum atomic E-state index is 5.55. The molecule has 88 valence electrons. The van der Waals surface area contributed by atoms with E-state index in [0.29, 0.717) is 6.04 Å². The zero-order valence-corrected chi connectivity index (χ0v) is 10.7. The summed E-state index contributed by atoms with van der Waals surface area (Å²) in [5.74, 6) is 1.01. The number of aromatic nitrogens is 2. The van der Waals surface area contributed by atoms with E-state index in [1.807, 2.05) is 0 Å². The van der Waals surface area contributed by atoms with Crippen LogP contribution in [0.2, 0.25) is 0 Å². The first-order valence-electron chi connectivity index (χ1n) is 5.28. The lowest BCUT2D eigenvalue weighted by atomic mass is 10.2. The highest BCUT2D eigenvalue weighted by atomic mass is 79.9. The summed E-state index contributed by atoms with van der Waals surface area (Å²) in [5, 5.41) is 3.35. The molecule has 3 N–H and O–H groups in total. The number of nitrogens with zero attached hydrogens (tertiary/aromatic N) is 2. The Bertz CT molecular complexity index is 374. The van der Waals surface area contributed by atoms with Gasteiger partial charge in [0.2, 0.25) is 5.95 Å². The quantitative estimate of drug-likeness (QED) is 0.886. The second-order valence-electron chi connectivity index (χ2n) is 3.88. The van der Waals surface area contributed by atoms with E-state index in [9.17, 15) is 0 Å². The summed E-state index contributed by atoms with van der Waals surface area (Å²) in [6.45, 7) is 0. The monoisotopic (exact) mass is 286 g/mol. The summed E-state index contributed by atoms with van der Waals surface area (Å²) in [6, 6.07) is 0.301. The summed E-state index contributed by atoms with van der Waals surface area (Å²) in [4.78, 5) is 8.06. The van der Waals surface area contributed by atoms with Crippen LogP contribution in [0.4, 0.5) is 11.8 Å². The fraction of sp³-hybridized carbons (Fsp3) is 0.600. The van der Waals surface area contributed by atoms with Crippen molar-refractivity contribution < 1.29 is 4.74 Å². The highest BCUT2D eigenvalue weighted by molar-refractivity contribution is 9.10. The first-order valence-corrected chi connectivity index (χ1v) is 6.07. The molecule has 1 aromatic rings. The molecule has 1 aromatic heterocycles. The summed E-state index contributed by atoms with van der Waals surface area (Å²) in [6.07, 6.45) is 5.26. The Morgan fingerprint density at radius 1 is 1.56 bits per heavy atom.